The number of aliphatic hydroxyl groups excluding tert-OH is 1. The Labute approximate surface area is 370 Å². The Morgan fingerprint density at radius 2 is 1.02 bits per heavy atom. The number of hydrogen-bond donors (Lipinski definition) is 2. The van der Waals surface area contributed by atoms with Crippen molar-refractivity contribution in [3.63, 3.8) is 0 Å². The number of likely N-dealkylation sites (N-methyl/N-ethyl adjacent to an activating group) is 1. The Morgan fingerprint density at radius 3 is 1.48 bits per heavy atom. The van der Waals surface area contributed by atoms with Crippen molar-refractivity contribution in [1.82, 2.24) is 5.32 Å². The number of aliphatic hydroxyl groups is 1. The molecule has 0 aliphatic carbocycles. The van der Waals surface area contributed by atoms with Crippen LogP contribution in [0.15, 0.2) is 72.9 Å². The van der Waals surface area contributed by atoms with Gasteiger partial charge in [-0.15, -0.1) is 0 Å². The zero-order valence-corrected chi connectivity index (χ0v) is 40.3. The Balaban J connectivity index is 4.31. The quantitative estimate of drug-likeness (QED) is 0.0274. The Bertz CT molecular complexity index is 1200. The predicted octanol–water partition coefficient (Wildman–Crippen LogP) is 13.3. The average molecular weight is 861 g/mol. The lowest BCUT2D eigenvalue weighted by Gasteiger charge is -2.30. The number of carbonyl (C=O) groups is 1. The Kier molecular flexibility index (Phi) is 40.8. The van der Waals surface area contributed by atoms with Crippen LogP contribution in [0.2, 0.25) is 0 Å². The molecule has 348 valence electrons. The van der Waals surface area contributed by atoms with E-state index >= 15 is 0 Å². The van der Waals surface area contributed by atoms with Gasteiger partial charge in [-0.25, -0.2) is 0 Å². The smallest absolute Gasteiger partial charge is 0.268 e. The largest absolute Gasteiger partial charge is 0.756 e. The van der Waals surface area contributed by atoms with E-state index < -0.39 is 20.0 Å². The van der Waals surface area contributed by atoms with Gasteiger partial charge in [-0.1, -0.05) is 196 Å². The molecule has 9 heteroatoms. The number of quaternary nitrogens is 1. The van der Waals surface area contributed by atoms with Crippen LogP contribution >= 0.6 is 7.82 Å². The summed E-state index contributed by atoms with van der Waals surface area (Å²) in [6, 6.07) is -0.812. The molecule has 0 aromatic carbocycles. The molecule has 0 rings (SSSR count). The Morgan fingerprint density at radius 1 is 0.600 bits per heavy atom. The van der Waals surface area contributed by atoms with Crippen LogP contribution in [0.4, 0.5) is 0 Å². The molecule has 2 N–H and O–H groups in total. The standard InChI is InChI=1S/C51H93N2O6P/c1-6-8-10-12-14-16-18-20-21-22-23-24-25-26-27-28-29-30-31-33-35-37-39-41-43-45-51(55)52-49(48-59-60(56,57)58-47-46-53(3,4)5)50(54)44-42-40-38-36-34-32-19-17-15-13-11-9-7-2/h8,10,14,16,20-21,23-24,26-27,29-30,49-50,54H,6-7,9,11-13,15,17-19,22,25,28,31-48H2,1-5H3,(H-,52,55,56,57)/b10-8-,16-14-,21-20-,24-23-,27-26-,30-29-. The van der Waals surface area contributed by atoms with Gasteiger partial charge >= 0.3 is 0 Å². The van der Waals surface area contributed by atoms with Gasteiger partial charge in [0.05, 0.1) is 39.9 Å². The molecule has 0 aromatic heterocycles. The number of phosphoric acid groups is 1. The number of phosphoric ester groups is 1. The van der Waals surface area contributed by atoms with Gasteiger partial charge in [0, 0.05) is 6.42 Å². The van der Waals surface area contributed by atoms with Crippen molar-refractivity contribution >= 4 is 13.7 Å². The van der Waals surface area contributed by atoms with Crippen molar-refractivity contribution in [2.24, 2.45) is 0 Å². The average Bonchev–Trinajstić information content (AvgIpc) is 3.20. The van der Waals surface area contributed by atoms with E-state index in [0.29, 0.717) is 23.9 Å². The molecule has 0 spiro atoms. The molecule has 3 unspecified atom stereocenters. The third kappa shape index (κ3) is 44.0. The molecule has 0 aliphatic heterocycles. The second kappa shape index (κ2) is 42.3. The first-order valence-corrected chi connectivity index (χ1v) is 25.7. The summed E-state index contributed by atoms with van der Waals surface area (Å²) in [6.07, 6.45) is 56.2. The van der Waals surface area contributed by atoms with Crippen molar-refractivity contribution in [1.29, 1.82) is 0 Å². The van der Waals surface area contributed by atoms with Gasteiger partial charge in [-0.05, 0) is 64.2 Å². The summed E-state index contributed by atoms with van der Waals surface area (Å²) in [5.41, 5.74) is 0. The highest BCUT2D eigenvalue weighted by Crippen LogP contribution is 2.38. The van der Waals surface area contributed by atoms with Crippen molar-refractivity contribution in [3.05, 3.63) is 72.9 Å². The van der Waals surface area contributed by atoms with Crippen molar-refractivity contribution < 1.29 is 32.9 Å². The number of amides is 1. The first-order chi connectivity index (χ1) is 29.0. The molecule has 0 fully saturated rings. The Hall–Kier alpha value is -2.06. The number of hydrogen-bond acceptors (Lipinski definition) is 6. The van der Waals surface area contributed by atoms with Gasteiger partial charge in [0.15, 0.2) is 0 Å². The summed E-state index contributed by atoms with van der Waals surface area (Å²) in [6.45, 7) is 4.58. The monoisotopic (exact) mass is 861 g/mol. The summed E-state index contributed by atoms with van der Waals surface area (Å²) < 4.78 is 23.3. The molecule has 1 amide bonds. The molecule has 3 atom stereocenters. The molecule has 0 bridgehead atoms. The molecule has 0 saturated heterocycles. The van der Waals surface area contributed by atoms with E-state index in [2.05, 4.69) is 92.1 Å². The summed E-state index contributed by atoms with van der Waals surface area (Å²) >= 11 is 0. The van der Waals surface area contributed by atoms with Crippen LogP contribution in [0, 0.1) is 0 Å². The minimum Gasteiger partial charge on any atom is -0.756 e. The fourth-order valence-electron chi connectivity index (χ4n) is 6.63. The van der Waals surface area contributed by atoms with Crippen LogP contribution in [0.25, 0.3) is 0 Å². The van der Waals surface area contributed by atoms with E-state index in [4.69, 9.17) is 9.05 Å². The highest BCUT2D eigenvalue weighted by atomic mass is 31.2. The fourth-order valence-corrected chi connectivity index (χ4v) is 7.35. The SMILES string of the molecule is CC/C=C\C/C=C\C/C=C\C/C=C\C/C=C\C/C=C\CCCCCCCCC(=O)NC(COP(=O)([O-])OCC[N+](C)(C)C)C(O)CCCCCCCCCCCCCCC. The summed E-state index contributed by atoms with van der Waals surface area (Å²) in [5.74, 6) is -0.183. The topological polar surface area (TPSA) is 108 Å². The van der Waals surface area contributed by atoms with E-state index in [0.717, 1.165) is 89.9 Å². The maximum Gasteiger partial charge on any atom is 0.268 e. The fraction of sp³-hybridized carbons (Fsp3) is 0.745. The number of allylic oxidation sites excluding steroid dienone is 12. The normalized spacial score (nSPS) is 14.8. The van der Waals surface area contributed by atoms with Crippen LogP contribution in [0.1, 0.15) is 194 Å². The van der Waals surface area contributed by atoms with Crippen molar-refractivity contribution in [2.45, 2.75) is 206 Å². The number of nitrogens with one attached hydrogen (secondary N) is 1. The van der Waals surface area contributed by atoms with Crippen LogP contribution in [0.5, 0.6) is 0 Å². The van der Waals surface area contributed by atoms with Crippen LogP contribution in [-0.4, -0.2) is 68.5 Å². The lowest BCUT2D eigenvalue weighted by atomic mass is 10.0. The van der Waals surface area contributed by atoms with Gasteiger partial charge in [0.25, 0.3) is 7.82 Å². The van der Waals surface area contributed by atoms with Gasteiger partial charge in [-0.2, -0.15) is 0 Å². The molecular formula is C51H93N2O6P. The lowest BCUT2D eigenvalue weighted by molar-refractivity contribution is -0.870. The van der Waals surface area contributed by atoms with Gasteiger partial charge in [0.1, 0.15) is 13.2 Å². The van der Waals surface area contributed by atoms with Crippen LogP contribution in [0.3, 0.4) is 0 Å². The predicted molar refractivity (Wildman–Crippen MR) is 256 cm³/mol. The highest BCUT2D eigenvalue weighted by Gasteiger charge is 2.24. The second-order valence-electron chi connectivity index (χ2n) is 17.4. The molecule has 60 heavy (non-hydrogen) atoms. The number of nitrogens with zero attached hydrogens (tertiary/aromatic N) is 1. The third-order valence-electron chi connectivity index (χ3n) is 10.5. The third-order valence-corrected chi connectivity index (χ3v) is 11.4. The number of rotatable bonds is 43. The highest BCUT2D eigenvalue weighted by molar-refractivity contribution is 7.45. The number of unbranched alkanes of at least 4 members (excludes halogenated alkanes) is 18. The molecule has 0 heterocycles. The minimum absolute atomic E-state index is 0.00528. The maximum absolute atomic E-state index is 12.9. The molecule has 0 aromatic rings. The van der Waals surface area contributed by atoms with E-state index in [9.17, 15) is 19.4 Å². The summed E-state index contributed by atoms with van der Waals surface area (Å²) in [5, 5.41) is 13.9. The zero-order valence-electron chi connectivity index (χ0n) is 39.4. The van der Waals surface area contributed by atoms with Gasteiger partial charge in [0.2, 0.25) is 5.91 Å². The summed E-state index contributed by atoms with van der Waals surface area (Å²) in [4.78, 5) is 25.4. The molecule has 0 radical (unpaired) electrons. The van der Waals surface area contributed by atoms with Crippen molar-refractivity contribution in [3.8, 4) is 0 Å². The van der Waals surface area contributed by atoms with Crippen LogP contribution in [-0.2, 0) is 18.4 Å². The first-order valence-electron chi connectivity index (χ1n) is 24.3. The van der Waals surface area contributed by atoms with E-state index in [1.165, 1.54) is 77.0 Å². The van der Waals surface area contributed by atoms with E-state index in [1.807, 2.05) is 21.1 Å². The van der Waals surface area contributed by atoms with Gasteiger partial charge in [-0.3, -0.25) is 9.36 Å². The molecule has 0 aliphatic rings. The second-order valence-corrected chi connectivity index (χ2v) is 18.8. The first kappa shape index (κ1) is 57.9. The van der Waals surface area contributed by atoms with E-state index in [1.54, 1.807) is 0 Å². The van der Waals surface area contributed by atoms with Crippen LogP contribution < -0.4 is 10.2 Å². The van der Waals surface area contributed by atoms with Gasteiger partial charge < -0.3 is 28.8 Å². The van der Waals surface area contributed by atoms with Crippen molar-refractivity contribution in [2.75, 3.05) is 40.9 Å². The zero-order chi connectivity index (χ0) is 44.3. The summed E-state index contributed by atoms with van der Waals surface area (Å²) in [7, 11) is 1.28. The number of carbonyl (C=O) groups excluding carboxylic acids is 1. The molecule has 0 saturated carbocycles. The maximum atomic E-state index is 12.9. The lowest BCUT2D eigenvalue weighted by Crippen LogP contribution is -2.46. The van der Waals surface area contributed by atoms with E-state index in [-0.39, 0.29) is 19.1 Å². The minimum atomic E-state index is -4.57. The molecular weight excluding hydrogens is 768 g/mol. The molecule has 8 nitrogen and oxygen atoms in total.